The average Bonchev–Trinajstić information content (AvgIpc) is 2.95. The Labute approximate surface area is 116 Å². The first kappa shape index (κ1) is 13.8. The summed E-state index contributed by atoms with van der Waals surface area (Å²) in [5.74, 6) is -0.204. The van der Waals surface area contributed by atoms with Crippen molar-refractivity contribution in [2.24, 2.45) is 0 Å². The first-order valence-electron chi connectivity index (χ1n) is 6.13. The zero-order valence-corrected chi connectivity index (χ0v) is 11.2. The lowest BCUT2D eigenvalue weighted by molar-refractivity contribution is -0.117. The van der Waals surface area contributed by atoms with Crippen LogP contribution in [0.4, 0.5) is 5.82 Å². The van der Waals surface area contributed by atoms with Crippen LogP contribution >= 0.6 is 0 Å². The van der Waals surface area contributed by atoms with Crippen LogP contribution in [0.2, 0.25) is 0 Å². The predicted octanol–water partition coefficient (Wildman–Crippen LogP) is 1.74. The van der Waals surface area contributed by atoms with Crippen LogP contribution in [0.1, 0.15) is 22.8 Å². The molecule has 2 N–H and O–H groups in total. The third-order valence-electron chi connectivity index (χ3n) is 2.78. The molecule has 0 fully saturated rings. The number of nitrogens with one attached hydrogen (secondary N) is 2. The molecule has 2 aromatic heterocycles. The third-order valence-corrected chi connectivity index (χ3v) is 2.78. The average molecular weight is 273 g/mol. The van der Waals surface area contributed by atoms with Gasteiger partial charge in [-0.2, -0.15) is 0 Å². The van der Waals surface area contributed by atoms with Gasteiger partial charge in [-0.25, -0.2) is 4.98 Å². The first-order chi connectivity index (χ1) is 9.58. The summed E-state index contributed by atoms with van der Waals surface area (Å²) in [6, 6.07) is 4.48. The molecule has 0 unspecified atom stereocenters. The number of rotatable bonds is 4. The third kappa shape index (κ3) is 3.23. The normalized spacial score (nSPS) is 11.7. The summed E-state index contributed by atoms with van der Waals surface area (Å²) in [6.07, 6.45) is 4.32. The summed E-state index contributed by atoms with van der Waals surface area (Å²) < 4.78 is 4.82. The van der Waals surface area contributed by atoms with Crippen molar-refractivity contribution in [1.82, 2.24) is 10.3 Å². The number of anilines is 1. The van der Waals surface area contributed by atoms with Gasteiger partial charge in [-0.3, -0.25) is 9.59 Å². The Morgan fingerprint density at radius 3 is 2.80 bits per heavy atom. The number of hydrogen-bond acceptors (Lipinski definition) is 4. The number of amides is 2. The fraction of sp³-hybridized carbons (Fsp3) is 0.214. The maximum atomic E-state index is 12.0. The topological polar surface area (TPSA) is 84.2 Å². The molecule has 20 heavy (non-hydrogen) atoms. The fourth-order valence-corrected chi connectivity index (χ4v) is 1.58. The van der Waals surface area contributed by atoms with E-state index in [1.165, 1.54) is 18.6 Å². The summed E-state index contributed by atoms with van der Waals surface area (Å²) >= 11 is 0. The van der Waals surface area contributed by atoms with E-state index < -0.39 is 6.04 Å². The lowest BCUT2D eigenvalue weighted by Gasteiger charge is -2.14. The molecule has 2 amide bonds. The van der Waals surface area contributed by atoms with Crippen molar-refractivity contribution in [3.63, 3.8) is 0 Å². The molecule has 2 rings (SSSR count). The Balaban J connectivity index is 1.96. The number of carbonyl (C=O) groups is 2. The number of nitrogens with zero attached hydrogens (tertiary/aromatic N) is 1. The lowest BCUT2D eigenvalue weighted by Crippen LogP contribution is -2.41. The molecule has 2 aromatic rings. The first-order valence-corrected chi connectivity index (χ1v) is 6.13. The Hall–Kier alpha value is -2.63. The van der Waals surface area contributed by atoms with Crippen LogP contribution in [0.5, 0.6) is 0 Å². The predicted molar refractivity (Wildman–Crippen MR) is 73.2 cm³/mol. The maximum Gasteiger partial charge on any atom is 0.255 e. The minimum atomic E-state index is -0.682. The van der Waals surface area contributed by atoms with Gasteiger partial charge < -0.3 is 15.1 Å². The lowest BCUT2D eigenvalue weighted by atomic mass is 10.2. The van der Waals surface area contributed by atoms with Crippen molar-refractivity contribution in [2.45, 2.75) is 19.9 Å². The fourth-order valence-electron chi connectivity index (χ4n) is 1.58. The number of hydrogen-bond donors (Lipinski definition) is 2. The van der Waals surface area contributed by atoms with E-state index >= 15 is 0 Å². The van der Waals surface area contributed by atoms with E-state index in [0.29, 0.717) is 11.4 Å². The van der Waals surface area contributed by atoms with Crippen LogP contribution in [0.3, 0.4) is 0 Å². The molecule has 1 atom stereocenters. The Bertz CT molecular complexity index is 608. The largest absolute Gasteiger partial charge is 0.472 e. The molecule has 0 spiro atoms. The van der Waals surface area contributed by atoms with E-state index in [9.17, 15) is 9.59 Å². The SMILES string of the molecule is Cc1cccnc1NC(=O)[C@H](C)NC(=O)c1ccoc1. The zero-order valence-electron chi connectivity index (χ0n) is 11.2. The van der Waals surface area contributed by atoms with Crippen LogP contribution < -0.4 is 10.6 Å². The van der Waals surface area contributed by atoms with Gasteiger partial charge >= 0.3 is 0 Å². The number of carbonyl (C=O) groups excluding carboxylic acids is 2. The Kier molecular flexibility index (Phi) is 4.14. The number of pyridine rings is 1. The van der Waals surface area contributed by atoms with Crippen molar-refractivity contribution in [1.29, 1.82) is 0 Å². The zero-order chi connectivity index (χ0) is 14.5. The van der Waals surface area contributed by atoms with Crippen molar-refractivity contribution >= 4 is 17.6 Å². The van der Waals surface area contributed by atoms with Gasteiger partial charge in [0.25, 0.3) is 5.91 Å². The van der Waals surface area contributed by atoms with Gasteiger partial charge in [0.05, 0.1) is 11.8 Å². The highest BCUT2D eigenvalue weighted by atomic mass is 16.3. The molecule has 0 aliphatic carbocycles. The highest BCUT2D eigenvalue weighted by Gasteiger charge is 2.18. The molecule has 0 aliphatic rings. The van der Waals surface area contributed by atoms with Crippen molar-refractivity contribution in [2.75, 3.05) is 5.32 Å². The van der Waals surface area contributed by atoms with Gasteiger partial charge in [0.2, 0.25) is 5.91 Å². The van der Waals surface area contributed by atoms with Gasteiger partial charge in [0.1, 0.15) is 18.1 Å². The van der Waals surface area contributed by atoms with E-state index in [0.717, 1.165) is 5.56 Å². The molecule has 0 radical (unpaired) electrons. The maximum absolute atomic E-state index is 12.0. The van der Waals surface area contributed by atoms with Gasteiger partial charge in [-0.15, -0.1) is 0 Å². The van der Waals surface area contributed by atoms with E-state index in [1.807, 2.05) is 13.0 Å². The second-order valence-corrected chi connectivity index (χ2v) is 4.37. The van der Waals surface area contributed by atoms with Gasteiger partial charge in [0.15, 0.2) is 0 Å². The van der Waals surface area contributed by atoms with Crippen LogP contribution in [-0.4, -0.2) is 22.8 Å². The summed E-state index contributed by atoms with van der Waals surface area (Å²) in [5.41, 5.74) is 1.23. The summed E-state index contributed by atoms with van der Waals surface area (Å²) in [6.45, 7) is 3.45. The minimum Gasteiger partial charge on any atom is -0.472 e. The molecule has 0 bridgehead atoms. The molecule has 0 aliphatic heterocycles. The quantitative estimate of drug-likeness (QED) is 0.888. The summed E-state index contributed by atoms with van der Waals surface area (Å²) in [7, 11) is 0. The van der Waals surface area contributed by atoms with Gasteiger partial charge in [-0.05, 0) is 31.5 Å². The van der Waals surface area contributed by atoms with Gasteiger partial charge in [0, 0.05) is 6.20 Å². The van der Waals surface area contributed by atoms with Crippen molar-refractivity contribution < 1.29 is 14.0 Å². The number of aryl methyl sites for hydroxylation is 1. The minimum absolute atomic E-state index is 0.330. The van der Waals surface area contributed by atoms with E-state index in [4.69, 9.17) is 4.42 Å². The second-order valence-electron chi connectivity index (χ2n) is 4.37. The van der Waals surface area contributed by atoms with Crippen LogP contribution in [0, 0.1) is 6.92 Å². The molecule has 0 saturated heterocycles. The molecule has 6 heteroatoms. The molecule has 2 heterocycles. The smallest absolute Gasteiger partial charge is 0.255 e. The van der Waals surface area contributed by atoms with E-state index in [1.54, 1.807) is 19.2 Å². The molecular weight excluding hydrogens is 258 g/mol. The Morgan fingerprint density at radius 1 is 1.35 bits per heavy atom. The number of furan rings is 1. The Morgan fingerprint density at radius 2 is 2.15 bits per heavy atom. The molecule has 6 nitrogen and oxygen atoms in total. The van der Waals surface area contributed by atoms with E-state index in [2.05, 4.69) is 15.6 Å². The summed E-state index contributed by atoms with van der Waals surface area (Å²) in [4.78, 5) is 27.8. The molecular formula is C14H15N3O3. The molecule has 0 aromatic carbocycles. The monoisotopic (exact) mass is 273 g/mol. The highest BCUT2D eigenvalue weighted by Crippen LogP contribution is 2.09. The van der Waals surface area contributed by atoms with Crippen molar-refractivity contribution in [3.05, 3.63) is 48.0 Å². The second kappa shape index (κ2) is 6.01. The van der Waals surface area contributed by atoms with E-state index in [-0.39, 0.29) is 11.8 Å². The van der Waals surface area contributed by atoms with Crippen LogP contribution in [0.15, 0.2) is 41.3 Å². The van der Waals surface area contributed by atoms with Crippen molar-refractivity contribution in [3.8, 4) is 0 Å². The molecule has 104 valence electrons. The number of aromatic nitrogens is 1. The highest BCUT2D eigenvalue weighted by molar-refractivity contribution is 6.00. The van der Waals surface area contributed by atoms with Crippen LogP contribution in [-0.2, 0) is 4.79 Å². The molecule has 0 saturated carbocycles. The standard InChI is InChI=1S/C14H15N3O3/c1-9-4-3-6-15-12(9)17-13(18)10(2)16-14(19)11-5-7-20-8-11/h3-8,10H,1-2H3,(H,16,19)(H,15,17,18)/t10-/m0/s1. The summed E-state index contributed by atoms with van der Waals surface area (Å²) in [5, 5.41) is 5.26. The van der Waals surface area contributed by atoms with Crippen LogP contribution in [0.25, 0.3) is 0 Å². The van der Waals surface area contributed by atoms with Gasteiger partial charge in [-0.1, -0.05) is 6.07 Å².